The van der Waals surface area contributed by atoms with Gasteiger partial charge in [0, 0.05) is 12.6 Å². The molecule has 1 aliphatic carbocycles. The standard InChI is InChI=1S/C14H29NO/c1-5-16-14(10-6-7-11-14)13(15-4)9-8-12(2)3/h12-13,15H,5-11H2,1-4H3. The molecule has 1 aliphatic rings. The highest BCUT2D eigenvalue weighted by Gasteiger charge is 2.41. The summed E-state index contributed by atoms with van der Waals surface area (Å²) in [5.41, 5.74) is 0.137. The molecular formula is C14H29NO. The fourth-order valence-electron chi connectivity index (χ4n) is 3.02. The summed E-state index contributed by atoms with van der Waals surface area (Å²) in [6.07, 6.45) is 7.68. The minimum absolute atomic E-state index is 0.137. The zero-order valence-electron chi connectivity index (χ0n) is 11.5. The van der Waals surface area contributed by atoms with Crippen LogP contribution in [0.2, 0.25) is 0 Å². The zero-order valence-corrected chi connectivity index (χ0v) is 11.5. The van der Waals surface area contributed by atoms with Crippen molar-refractivity contribution in [2.75, 3.05) is 13.7 Å². The highest BCUT2D eigenvalue weighted by atomic mass is 16.5. The first-order valence-electron chi connectivity index (χ1n) is 6.96. The van der Waals surface area contributed by atoms with Crippen molar-refractivity contribution in [2.45, 2.75) is 70.9 Å². The Balaban J connectivity index is 2.58. The van der Waals surface area contributed by atoms with E-state index in [2.05, 4.69) is 33.1 Å². The molecule has 0 heterocycles. The third-order valence-corrected chi connectivity index (χ3v) is 3.90. The Labute approximate surface area is 101 Å². The van der Waals surface area contributed by atoms with Crippen molar-refractivity contribution in [1.82, 2.24) is 5.32 Å². The van der Waals surface area contributed by atoms with Crippen LogP contribution in [0.4, 0.5) is 0 Å². The van der Waals surface area contributed by atoms with Crippen molar-refractivity contribution < 1.29 is 4.74 Å². The molecule has 2 nitrogen and oxygen atoms in total. The van der Waals surface area contributed by atoms with Crippen molar-refractivity contribution in [3.05, 3.63) is 0 Å². The van der Waals surface area contributed by atoms with E-state index in [9.17, 15) is 0 Å². The number of ether oxygens (including phenoxy) is 1. The van der Waals surface area contributed by atoms with Crippen LogP contribution in [-0.2, 0) is 4.74 Å². The van der Waals surface area contributed by atoms with Crippen molar-refractivity contribution in [2.24, 2.45) is 5.92 Å². The number of hydrogen-bond acceptors (Lipinski definition) is 2. The van der Waals surface area contributed by atoms with Crippen molar-refractivity contribution in [1.29, 1.82) is 0 Å². The van der Waals surface area contributed by atoms with E-state index < -0.39 is 0 Å². The maximum atomic E-state index is 6.11. The van der Waals surface area contributed by atoms with Gasteiger partial charge < -0.3 is 10.1 Å². The van der Waals surface area contributed by atoms with E-state index in [-0.39, 0.29) is 5.60 Å². The fraction of sp³-hybridized carbons (Fsp3) is 1.00. The third-order valence-electron chi connectivity index (χ3n) is 3.90. The van der Waals surface area contributed by atoms with E-state index in [0.717, 1.165) is 12.5 Å². The molecule has 0 saturated heterocycles. The van der Waals surface area contributed by atoms with Gasteiger partial charge in [-0.3, -0.25) is 0 Å². The molecule has 0 aromatic carbocycles. The average molecular weight is 227 g/mol. The minimum Gasteiger partial charge on any atom is -0.374 e. The Hall–Kier alpha value is -0.0800. The van der Waals surface area contributed by atoms with E-state index in [1.54, 1.807) is 0 Å². The summed E-state index contributed by atoms with van der Waals surface area (Å²) in [7, 11) is 2.09. The molecule has 1 saturated carbocycles. The molecule has 1 rings (SSSR count). The van der Waals surface area contributed by atoms with Crippen LogP contribution in [0.25, 0.3) is 0 Å². The largest absolute Gasteiger partial charge is 0.374 e. The Morgan fingerprint density at radius 3 is 2.25 bits per heavy atom. The van der Waals surface area contributed by atoms with Crippen molar-refractivity contribution in [3.8, 4) is 0 Å². The molecule has 0 aromatic heterocycles. The SMILES string of the molecule is CCOC1(C(CCC(C)C)NC)CCCC1. The predicted molar refractivity (Wildman–Crippen MR) is 69.7 cm³/mol. The first kappa shape index (κ1) is 14.0. The molecule has 0 aromatic rings. The van der Waals surface area contributed by atoms with Gasteiger partial charge in [0.15, 0.2) is 0 Å². The smallest absolute Gasteiger partial charge is 0.0834 e. The van der Waals surface area contributed by atoms with Crippen LogP contribution in [0.15, 0.2) is 0 Å². The monoisotopic (exact) mass is 227 g/mol. The number of likely N-dealkylation sites (N-methyl/N-ethyl adjacent to an activating group) is 1. The summed E-state index contributed by atoms with van der Waals surface area (Å²) in [6.45, 7) is 7.57. The molecule has 1 unspecified atom stereocenters. The van der Waals surface area contributed by atoms with Crippen LogP contribution in [0, 0.1) is 5.92 Å². The van der Waals surface area contributed by atoms with Crippen LogP contribution in [0.3, 0.4) is 0 Å². The van der Waals surface area contributed by atoms with E-state index >= 15 is 0 Å². The van der Waals surface area contributed by atoms with E-state index in [4.69, 9.17) is 4.74 Å². The lowest BCUT2D eigenvalue weighted by Gasteiger charge is -2.37. The van der Waals surface area contributed by atoms with Crippen LogP contribution >= 0.6 is 0 Å². The lowest BCUT2D eigenvalue weighted by Crippen LogP contribution is -2.49. The van der Waals surface area contributed by atoms with E-state index in [1.165, 1.54) is 38.5 Å². The maximum Gasteiger partial charge on any atom is 0.0834 e. The highest BCUT2D eigenvalue weighted by molar-refractivity contribution is 4.96. The Bertz CT molecular complexity index is 185. The summed E-state index contributed by atoms with van der Waals surface area (Å²) in [6, 6.07) is 0.539. The normalized spacial score (nSPS) is 21.6. The quantitative estimate of drug-likeness (QED) is 0.720. The summed E-state index contributed by atoms with van der Waals surface area (Å²) in [4.78, 5) is 0. The molecule has 0 spiro atoms. The first-order valence-corrected chi connectivity index (χ1v) is 6.96. The van der Waals surface area contributed by atoms with Gasteiger partial charge >= 0.3 is 0 Å². The van der Waals surface area contributed by atoms with Crippen LogP contribution in [-0.4, -0.2) is 25.3 Å². The minimum atomic E-state index is 0.137. The summed E-state index contributed by atoms with van der Waals surface area (Å²) in [5.74, 6) is 0.788. The van der Waals surface area contributed by atoms with Crippen LogP contribution in [0.5, 0.6) is 0 Å². The summed E-state index contributed by atoms with van der Waals surface area (Å²) >= 11 is 0. The predicted octanol–water partition coefficient (Wildman–Crippen LogP) is 3.36. The molecular weight excluding hydrogens is 198 g/mol. The second kappa shape index (κ2) is 6.61. The summed E-state index contributed by atoms with van der Waals surface area (Å²) < 4.78 is 6.11. The lowest BCUT2D eigenvalue weighted by atomic mass is 9.87. The van der Waals surface area contributed by atoms with E-state index in [0.29, 0.717) is 6.04 Å². The molecule has 1 fully saturated rings. The molecule has 1 N–H and O–H groups in total. The second-order valence-electron chi connectivity index (χ2n) is 5.52. The van der Waals surface area contributed by atoms with E-state index in [1.807, 2.05) is 0 Å². The number of rotatable bonds is 7. The Morgan fingerprint density at radius 2 is 1.81 bits per heavy atom. The van der Waals surface area contributed by atoms with Crippen molar-refractivity contribution >= 4 is 0 Å². The van der Waals surface area contributed by atoms with Crippen LogP contribution < -0.4 is 5.32 Å². The molecule has 0 amide bonds. The van der Waals surface area contributed by atoms with Gasteiger partial charge in [-0.25, -0.2) is 0 Å². The van der Waals surface area contributed by atoms with Gasteiger partial charge in [0.25, 0.3) is 0 Å². The van der Waals surface area contributed by atoms with Gasteiger partial charge in [-0.1, -0.05) is 26.7 Å². The van der Waals surface area contributed by atoms with Gasteiger partial charge in [0.1, 0.15) is 0 Å². The fourth-order valence-corrected chi connectivity index (χ4v) is 3.02. The highest BCUT2D eigenvalue weighted by Crippen LogP contribution is 2.37. The molecule has 1 atom stereocenters. The molecule has 16 heavy (non-hydrogen) atoms. The number of nitrogens with one attached hydrogen (secondary N) is 1. The lowest BCUT2D eigenvalue weighted by molar-refractivity contribution is -0.0624. The van der Waals surface area contributed by atoms with Gasteiger partial charge in [-0.15, -0.1) is 0 Å². The third kappa shape index (κ3) is 3.46. The zero-order chi connectivity index (χ0) is 12.0. The van der Waals surface area contributed by atoms with Gasteiger partial charge in [0.05, 0.1) is 5.60 Å². The Kier molecular flexibility index (Phi) is 5.77. The van der Waals surface area contributed by atoms with Crippen LogP contribution in [0.1, 0.15) is 59.3 Å². The Morgan fingerprint density at radius 1 is 1.19 bits per heavy atom. The molecule has 0 radical (unpaired) electrons. The molecule has 2 heteroatoms. The van der Waals surface area contributed by atoms with Crippen molar-refractivity contribution in [3.63, 3.8) is 0 Å². The average Bonchev–Trinajstić information content (AvgIpc) is 2.68. The first-order chi connectivity index (χ1) is 7.64. The second-order valence-corrected chi connectivity index (χ2v) is 5.52. The van der Waals surface area contributed by atoms with Gasteiger partial charge in [-0.05, 0) is 45.6 Å². The molecule has 96 valence electrons. The number of hydrogen-bond donors (Lipinski definition) is 1. The summed E-state index contributed by atoms with van der Waals surface area (Å²) in [5, 5.41) is 3.50. The molecule has 0 aliphatic heterocycles. The maximum absolute atomic E-state index is 6.11. The topological polar surface area (TPSA) is 21.3 Å². The van der Waals surface area contributed by atoms with Gasteiger partial charge in [-0.2, -0.15) is 0 Å². The van der Waals surface area contributed by atoms with Gasteiger partial charge in [0.2, 0.25) is 0 Å². The molecule has 0 bridgehead atoms.